The number of ether oxygens (including phenoxy) is 3. The Morgan fingerprint density at radius 3 is 2.51 bits per heavy atom. The van der Waals surface area contributed by atoms with E-state index < -0.39 is 12.0 Å². The third-order valence-electron chi connectivity index (χ3n) is 6.38. The number of methoxy groups -OCH3 is 3. The largest absolute Gasteiger partial charge is 0.497 e. The molecule has 2 heterocycles. The van der Waals surface area contributed by atoms with Gasteiger partial charge in [-0.2, -0.15) is 0 Å². The number of aliphatic imine (C=N–C) groups is 1. The number of benzene rings is 2. The second-order valence-corrected chi connectivity index (χ2v) is 9.42. The number of nitrogens with zero attached hydrogens (tertiary/aromatic N) is 2. The van der Waals surface area contributed by atoms with Gasteiger partial charge in [-0.1, -0.05) is 49.0 Å². The molecule has 0 aromatic heterocycles. The summed E-state index contributed by atoms with van der Waals surface area (Å²) in [6, 6.07) is 14.6. The highest BCUT2D eigenvalue weighted by Crippen LogP contribution is 2.48. The van der Waals surface area contributed by atoms with Gasteiger partial charge in [-0.15, -0.1) is 0 Å². The second-order valence-electron chi connectivity index (χ2n) is 8.58. The Bertz CT molecular complexity index is 1270. The van der Waals surface area contributed by atoms with Gasteiger partial charge in [0.2, 0.25) is 5.91 Å². The molecule has 1 amide bonds. The molecule has 0 unspecified atom stereocenters. The molecule has 2 aromatic rings. The van der Waals surface area contributed by atoms with Crippen LogP contribution in [0.2, 0.25) is 0 Å². The van der Waals surface area contributed by atoms with Crippen molar-refractivity contribution in [3.05, 3.63) is 82.0 Å². The van der Waals surface area contributed by atoms with E-state index in [9.17, 15) is 9.59 Å². The van der Waals surface area contributed by atoms with Crippen LogP contribution in [0.4, 0.5) is 0 Å². The Morgan fingerprint density at radius 1 is 1.11 bits per heavy atom. The molecule has 8 nitrogen and oxygen atoms in total. The van der Waals surface area contributed by atoms with Crippen LogP contribution < -0.4 is 14.8 Å². The van der Waals surface area contributed by atoms with Crippen molar-refractivity contribution in [2.75, 3.05) is 21.3 Å². The maximum Gasteiger partial charge on any atom is 0.338 e. The monoisotopic (exact) mass is 521 g/mol. The topological polar surface area (TPSA) is 89.5 Å². The van der Waals surface area contributed by atoms with Gasteiger partial charge in [0.05, 0.1) is 51.1 Å². The van der Waals surface area contributed by atoms with Gasteiger partial charge < -0.3 is 24.4 Å². The number of nitrogens with one attached hydrogen (secondary N) is 1. The van der Waals surface area contributed by atoms with E-state index in [2.05, 4.69) is 5.32 Å². The standard InChI is InChI=1S/C28H31N3O5S/c1-6-22-25(27(33)36-5)26(21-13-12-20(34-3)15-23(21)35-4)31-19(16-37-28(31)30-22)14-24(32)29-17(2)18-10-8-7-9-11-18/h7-13,15-17,26H,6,14H2,1-5H3,(H,29,32)/t17-,26+/m1/s1. The summed E-state index contributed by atoms with van der Waals surface area (Å²) in [5.74, 6) is 0.585. The summed E-state index contributed by atoms with van der Waals surface area (Å²) in [5, 5.41) is 5.69. The Morgan fingerprint density at radius 2 is 1.86 bits per heavy atom. The number of rotatable bonds is 9. The molecule has 2 aromatic carbocycles. The second kappa shape index (κ2) is 11.6. The number of carbonyl (C=O) groups is 2. The van der Waals surface area contributed by atoms with Crippen LogP contribution >= 0.6 is 11.8 Å². The fourth-order valence-corrected chi connectivity index (χ4v) is 5.47. The van der Waals surface area contributed by atoms with E-state index in [0.29, 0.717) is 34.4 Å². The number of fused-ring (bicyclic) bond motifs is 1. The van der Waals surface area contributed by atoms with E-state index in [1.165, 1.54) is 18.9 Å². The van der Waals surface area contributed by atoms with E-state index in [4.69, 9.17) is 19.2 Å². The van der Waals surface area contributed by atoms with Crippen LogP contribution in [0.5, 0.6) is 11.5 Å². The summed E-state index contributed by atoms with van der Waals surface area (Å²) in [6.45, 7) is 3.90. The van der Waals surface area contributed by atoms with Gasteiger partial charge in [-0.05, 0) is 36.4 Å². The smallest absolute Gasteiger partial charge is 0.338 e. The summed E-state index contributed by atoms with van der Waals surface area (Å²) < 4.78 is 16.3. The van der Waals surface area contributed by atoms with Gasteiger partial charge in [-0.25, -0.2) is 9.79 Å². The van der Waals surface area contributed by atoms with Gasteiger partial charge in [0, 0.05) is 17.3 Å². The van der Waals surface area contributed by atoms with Gasteiger partial charge in [0.25, 0.3) is 0 Å². The number of carbonyl (C=O) groups excluding carboxylic acids is 2. The Balaban J connectivity index is 1.71. The maximum atomic E-state index is 13.1. The lowest BCUT2D eigenvalue weighted by atomic mass is 9.92. The van der Waals surface area contributed by atoms with Crippen LogP contribution in [-0.4, -0.2) is 43.3 Å². The molecule has 2 atom stereocenters. The van der Waals surface area contributed by atoms with Gasteiger partial charge in [-0.3, -0.25) is 4.79 Å². The summed E-state index contributed by atoms with van der Waals surface area (Å²) >= 11 is 1.43. The van der Waals surface area contributed by atoms with Crippen molar-refractivity contribution in [2.45, 2.75) is 38.8 Å². The highest BCUT2D eigenvalue weighted by Gasteiger charge is 2.42. The van der Waals surface area contributed by atoms with Gasteiger partial charge in [0.15, 0.2) is 5.17 Å². The summed E-state index contributed by atoms with van der Waals surface area (Å²) in [7, 11) is 4.52. The first-order valence-corrected chi connectivity index (χ1v) is 12.9. The van der Waals surface area contributed by atoms with Crippen LogP contribution in [0.3, 0.4) is 0 Å². The quantitative estimate of drug-likeness (QED) is 0.459. The first kappa shape index (κ1) is 26.3. The predicted molar refractivity (Wildman–Crippen MR) is 144 cm³/mol. The van der Waals surface area contributed by atoms with Crippen molar-refractivity contribution in [2.24, 2.45) is 4.99 Å². The zero-order valence-electron chi connectivity index (χ0n) is 21.6. The fourth-order valence-electron chi connectivity index (χ4n) is 4.53. The first-order valence-electron chi connectivity index (χ1n) is 12.0. The summed E-state index contributed by atoms with van der Waals surface area (Å²) in [5.41, 5.74) is 3.57. The van der Waals surface area contributed by atoms with Crippen molar-refractivity contribution >= 4 is 28.8 Å². The minimum absolute atomic E-state index is 0.119. The minimum atomic E-state index is -0.587. The molecule has 0 fully saturated rings. The maximum absolute atomic E-state index is 13.1. The molecule has 0 aliphatic carbocycles. The Labute approximate surface area is 221 Å². The highest BCUT2D eigenvalue weighted by atomic mass is 32.2. The fraction of sp³-hybridized carbons (Fsp3) is 0.321. The predicted octanol–water partition coefficient (Wildman–Crippen LogP) is 5.11. The molecule has 0 radical (unpaired) electrons. The molecule has 9 heteroatoms. The third-order valence-corrected chi connectivity index (χ3v) is 7.27. The first-order chi connectivity index (χ1) is 17.9. The SMILES string of the molecule is CCC1=C(C(=O)OC)[C@H](c2ccc(OC)cc2OC)N2C(CC(=O)N[C@H](C)c3ccccc3)=CSC2=N1. The average molecular weight is 522 g/mol. The molecule has 37 heavy (non-hydrogen) atoms. The normalized spacial score (nSPS) is 17.4. The molecular formula is C28H31N3O5S. The number of thioether (sulfide) groups is 1. The van der Waals surface area contributed by atoms with Crippen molar-refractivity contribution in [3.63, 3.8) is 0 Å². The lowest BCUT2D eigenvalue weighted by Gasteiger charge is -2.37. The zero-order chi connectivity index (χ0) is 26.5. The number of amides is 1. The molecule has 0 saturated heterocycles. The molecule has 2 aliphatic heterocycles. The Kier molecular flexibility index (Phi) is 8.23. The van der Waals surface area contributed by atoms with E-state index in [1.54, 1.807) is 20.3 Å². The minimum Gasteiger partial charge on any atom is -0.497 e. The van der Waals surface area contributed by atoms with Crippen molar-refractivity contribution in [3.8, 4) is 11.5 Å². The summed E-state index contributed by atoms with van der Waals surface area (Å²) in [4.78, 5) is 33.0. The van der Waals surface area contributed by atoms with Gasteiger partial charge >= 0.3 is 5.97 Å². The number of hydrogen-bond acceptors (Lipinski definition) is 8. The number of esters is 1. The number of allylic oxidation sites excluding steroid dienone is 1. The van der Waals surface area contributed by atoms with E-state index in [1.807, 2.05) is 66.6 Å². The van der Waals surface area contributed by atoms with Crippen molar-refractivity contribution < 1.29 is 23.8 Å². The molecule has 4 rings (SSSR count). The molecular weight excluding hydrogens is 490 g/mol. The van der Waals surface area contributed by atoms with Crippen molar-refractivity contribution in [1.82, 2.24) is 10.2 Å². The van der Waals surface area contributed by atoms with Crippen LogP contribution in [-0.2, 0) is 14.3 Å². The molecule has 2 aliphatic rings. The molecule has 1 N–H and O–H groups in total. The van der Waals surface area contributed by atoms with Crippen LogP contribution in [0.15, 0.2) is 75.9 Å². The third kappa shape index (κ3) is 5.36. The molecule has 0 saturated carbocycles. The summed E-state index contributed by atoms with van der Waals surface area (Å²) in [6.07, 6.45) is 0.662. The zero-order valence-corrected chi connectivity index (χ0v) is 22.4. The van der Waals surface area contributed by atoms with Crippen LogP contribution in [0.1, 0.15) is 49.9 Å². The van der Waals surface area contributed by atoms with Crippen LogP contribution in [0, 0.1) is 0 Å². The molecule has 0 spiro atoms. The van der Waals surface area contributed by atoms with Crippen molar-refractivity contribution in [1.29, 1.82) is 0 Å². The van der Waals surface area contributed by atoms with E-state index >= 15 is 0 Å². The lowest BCUT2D eigenvalue weighted by molar-refractivity contribution is -0.136. The average Bonchev–Trinajstić information content (AvgIpc) is 3.33. The van der Waals surface area contributed by atoms with Crippen LogP contribution in [0.25, 0.3) is 0 Å². The molecule has 194 valence electrons. The number of amidine groups is 1. The van der Waals surface area contributed by atoms with Gasteiger partial charge in [0.1, 0.15) is 11.5 Å². The number of hydrogen-bond donors (Lipinski definition) is 1. The van der Waals surface area contributed by atoms with E-state index in [0.717, 1.165) is 16.8 Å². The Hall–Kier alpha value is -3.72. The molecule has 0 bridgehead atoms. The van der Waals surface area contributed by atoms with E-state index in [-0.39, 0.29) is 18.4 Å². The highest BCUT2D eigenvalue weighted by molar-refractivity contribution is 8.16. The lowest BCUT2D eigenvalue weighted by Crippen LogP contribution is -2.38.